The molecule has 0 atom stereocenters. The van der Waals surface area contributed by atoms with E-state index in [0.717, 1.165) is 43.9 Å². The van der Waals surface area contributed by atoms with Gasteiger partial charge in [-0.05, 0) is 30.9 Å². The van der Waals surface area contributed by atoms with Crippen molar-refractivity contribution in [1.82, 2.24) is 25.3 Å². The van der Waals surface area contributed by atoms with Crippen LogP contribution in [0.4, 0.5) is 4.79 Å². The molecule has 1 aliphatic heterocycles. The molecular formula is C21H31N5O. The van der Waals surface area contributed by atoms with Gasteiger partial charge in [-0.25, -0.2) is 4.79 Å². The van der Waals surface area contributed by atoms with Gasteiger partial charge in [0.1, 0.15) is 0 Å². The Balaban J connectivity index is 1.48. The number of rotatable bonds is 6. The van der Waals surface area contributed by atoms with E-state index < -0.39 is 0 Å². The molecule has 0 unspecified atom stereocenters. The molecule has 0 aliphatic carbocycles. The number of carbonyl (C=O) groups excluding carboxylic acids is 1. The van der Waals surface area contributed by atoms with Crippen molar-refractivity contribution in [3.8, 4) is 0 Å². The van der Waals surface area contributed by atoms with E-state index in [-0.39, 0.29) is 6.03 Å². The minimum Gasteiger partial charge on any atom is -0.334 e. The van der Waals surface area contributed by atoms with Crippen LogP contribution in [-0.2, 0) is 26.2 Å². The average molecular weight is 370 g/mol. The van der Waals surface area contributed by atoms with Crippen molar-refractivity contribution < 1.29 is 4.79 Å². The van der Waals surface area contributed by atoms with Gasteiger partial charge < -0.3 is 10.6 Å². The van der Waals surface area contributed by atoms with Crippen LogP contribution >= 0.6 is 0 Å². The van der Waals surface area contributed by atoms with Crippen molar-refractivity contribution in [3.05, 3.63) is 52.8 Å². The summed E-state index contributed by atoms with van der Waals surface area (Å²) in [7, 11) is 0. The van der Waals surface area contributed by atoms with E-state index in [4.69, 9.17) is 0 Å². The highest BCUT2D eigenvalue weighted by atomic mass is 16.2. The number of fused-ring (bicyclic) bond motifs is 1. The molecule has 0 spiro atoms. The van der Waals surface area contributed by atoms with Gasteiger partial charge in [-0.15, -0.1) is 0 Å². The summed E-state index contributed by atoms with van der Waals surface area (Å²) in [6.45, 7) is 11.7. The highest BCUT2D eigenvalue weighted by molar-refractivity contribution is 5.73. The highest BCUT2D eigenvalue weighted by Gasteiger charge is 2.17. The predicted octanol–water partition coefficient (Wildman–Crippen LogP) is 3.05. The zero-order valence-corrected chi connectivity index (χ0v) is 16.7. The minimum absolute atomic E-state index is 0.166. The quantitative estimate of drug-likeness (QED) is 0.823. The van der Waals surface area contributed by atoms with Crippen molar-refractivity contribution in [2.45, 2.75) is 53.4 Å². The number of carbonyl (C=O) groups is 1. The third-order valence-corrected chi connectivity index (χ3v) is 4.77. The van der Waals surface area contributed by atoms with Crippen LogP contribution in [0.3, 0.4) is 0 Å². The van der Waals surface area contributed by atoms with Gasteiger partial charge in [0.15, 0.2) is 0 Å². The zero-order valence-electron chi connectivity index (χ0n) is 16.7. The molecule has 2 N–H and O–H groups in total. The summed E-state index contributed by atoms with van der Waals surface area (Å²) in [4.78, 5) is 14.6. The maximum Gasteiger partial charge on any atom is 0.315 e. The first-order chi connectivity index (χ1) is 13.0. The fourth-order valence-electron chi connectivity index (χ4n) is 3.47. The van der Waals surface area contributed by atoms with Crippen molar-refractivity contribution in [3.63, 3.8) is 0 Å². The summed E-state index contributed by atoms with van der Waals surface area (Å²) in [5.74, 6) is 0.665. The molecular weight excluding hydrogens is 338 g/mol. The van der Waals surface area contributed by atoms with Crippen LogP contribution < -0.4 is 10.6 Å². The Morgan fingerprint density at radius 3 is 2.63 bits per heavy atom. The van der Waals surface area contributed by atoms with Gasteiger partial charge in [-0.3, -0.25) is 9.58 Å². The number of aryl methyl sites for hydroxylation is 2. The number of hydrogen-bond donors (Lipinski definition) is 2. The fourth-order valence-corrected chi connectivity index (χ4v) is 3.47. The van der Waals surface area contributed by atoms with Crippen LogP contribution in [0.5, 0.6) is 0 Å². The fraction of sp³-hybridized carbons (Fsp3) is 0.524. The summed E-state index contributed by atoms with van der Waals surface area (Å²) >= 11 is 0. The molecule has 0 saturated carbocycles. The Labute approximate surface area is 161 Å². The Morgan fingerprint density at radius 1 is 1.15 bits per heavy atom. The molecule has 6 heteroatoms. The molecule has 2 aromatic rings. The van der Waals surface area contributed by atoms with E-state index in [1.54, 1.807) is 0 Å². The molecule has 2 amide bonds. The highest BCUT2D eigenvalue weighted by Crippen LogP contribution is 2.15. The molecule has 1 aromatic heterocycles. The minimum atomic E-state index is -0.166. The topological polar surface area (TPSA) is 62.2 Å². The van der Waals surface area contributed by atoms with Gasteiger partial charge >= 0.3 is 6.03 Å². The van der Waals surface area contributed by atoms with Crippen LogP contribution in [-0.4, -0.2) is 33.8 Å². The summed E-state index contributed by atoms with van der Waals surface area (Å²) < 4.78 is 2.10. The summed E-state index contributed by atoms with van der Waals surface area (Å²) in [5, 5.41) is 10.5. The third-order valence-electron chi connectivity index (χ3n) is 4.77. The van der Waals surface area contributed by atoms with Crippen LogP contribution in [0.1, 0.15) is 42.8 Å². The van der Waals surface area contributed by atoms with Gasteiger partial charge in [0.2, 0.25) is 0 Å². The maximum absolute atomic E-state index is 12.1. The summed E-state index contributed by atoms with van der Waals surface area (Å²) in [6.07, 6.45) is 1.12. The normalized spacial score (nSPS) is 14.7. The molecule has 27 heavy (non-hydrogen) atoms. The molecule has 146 valence electrons. The second-order valence-corrected chi connectivity index (χ2v) is 7.85. The molecule has 6 nitrogen and oxygen atoms in total. The van der Waals surface area contributed by atoms with Crippen LogP contribution in [0.15, 0.2) is 30.3 Å². The molecule has 0 saturated heterocycles. The molecule has 0 radical (unpaired) electrons. The molecule has 2 heterocycles. The number of nitrogens with one attached hydrogen (secondary N) is 2. The Hall–Kier alpha value is -2.34. The van der Waals surface area contributed by atoms with E-state index >= 15 is 0 Å². The first-order valence-electron chi connectivity index (χ1n) is 9.85. The number of hydrogen-bond acceptors (Lipinski definition) is 3. The van der Waals surface area contributed by atoms with E-state index in [1.807, 2.05) is 12.1 Å². The lowest BCUT2D eigenvalue weighted by Crippen LogP contribution is -2.34. The largest absolute Gasteiger partial charge is 0.334 e. The first kappa shape index (κ1) is 19.4. The van der Waals surface area contributed by atoms with Crippen molar-refractivity contribution in [2.75, 3.05) is 13.1 Å². The number of urea groups is 1. The Kier molecular flexibility index (Phi) is 6.50. The molecule has 3 rings (SSSR count). The summed E-state index contributed by atoms with van der Waals surface area (Å²) in [6, 6.07) is 10.1. The van der Waals surface area contributed by atoms with Crippen LogP contribution in [0.2, 0.25) is 0 Å². The first-order valence-corrected chi connectivity index (χ1v) is 9.85. The smallest absolute Gasteiger partial charge is 0.315 e. The number of aromatic nitrogens is 2. The number of benzene rings is 1. The van der Waals surface area contributed by atoms with E-state index in [1.165, 1.54) is 11.3 Å². The van der Waals surface area contributed by atoms with E-state index in [9.17, 15) is 4.79 Å². The second-order valence-electron chi connectivity index (χ2n) is 7.85. The SMILES string of the molecule is Cc1ccc(CNC(=O)NCc2cc3n(n2)CCCN(CC(C)C)C3)cc1. The third kappa shape index (κ3) is 5.82. The zero-order chi connectivity index (χ0) is 19.2. The monoisotopic (exact) mass is 369 g/mol. The van der Waals surface area contributed by atoms with Gasteiger partial charge in [0.05, 0.1) is 17.9 Å². The molecule has 1 aliphatic rings. The van der Waals surface area contributed by atoms with Crippen molar-refractivity contribution >= 4 is 6.03 Å². The van der Waals surface area contributed by atoms with E-state index in [2.05, 4.69) is 64.3 Å². The Bertz CT molecular complexity index is 750. The lowest BCUT2D eigenvalue weighted by Gasteiger charge is -2.21. The summed E-state index contributed by atoms with van der Waals surface area (Å²) in [5.41, 5.74) is 4.47. The van der Waals surface area contributed by atoms with Gasteiger partial charge in [0, 0.05) is 32.7 Å². The Morgan fingerprint density at radius 2 is 1.89 bits per heavy atom. The number of nitrogens with zero attached hydrogens (tertiary/aromatic N) is 3. The predicted molar refractivity (Wildman–Crippen MR) is 107 cm³/mol. The van der Waals surface area contributed by atoms with Crippen LogP contribution in [0.25, 0.3) is 0 Å². The van der Waals surface area contributed by atoms with Crippen molar-refractivity contribution in [1.29, 1.82) is 0 Å². The second kappa shape index (κ2) is 9.04. The standard InChI is InChI=1S/C21H31N5O/c1-16(2)14-25-9-4-10-26-20(15-25)11-19(24-26)13-23-21(27)22-12-18-7-5-17(3)6-8-18/h5-8,11,16H,4,9-10,12-15H2,1-3H3,(H2,22,23,27). The average Bonchev–Trinajstić information content (AvgIpc) is 2.91. The molecule has 0 bridgehead atoms. The number of amides is 2. The molecule has 0 fully saturated rings. The lowest BCUT2D eigenvalue weighted by atomic mass is 10.1. The maximum atomic E-state index is 12.1. The van der Waals surface area contributed by atoms with Gasteiger partial charge in [-0.1, -0.05) is 43.7 Å². The van der Waals surface area contributed by atoms with Crippen molar-refractivity contribution in [2.24, 2.45) is 5.92 Å². The molecule has 1 aromatic carbocycles. The van der Waals surface area contributed by atoms with E-state index in [0.29, 0.717) is 19.0 Å². The lowest BCUT2D eigenvalue weighted by molar-refractivity contribution is 0.239. The van der Waals surface area contributed by atoms with Gasteiger partial charge in [-0.2, -0.15) is 5.10 Å². The van der Waals surface area contributed by atoms with Gasteiger partial charge in [0.25, 0.3) is 0 Å². The van der Waals surface area contributed by atoms with Crippen LogP contribution in [0, 0.1) is 12.8 Å².